The molecule has 0 aliphatic carbocycles. The molecule has 0 aliphatic heterocycles. The molecule has 1 aromatic rings. The molecule has 0 atom stereocenters. The maximum absolute atomic E-state index is 11.5. The summed E-state index contributed by atoms with van der Waals surface area (Å²) in [5, 5.41) is 7.54. The molecule has 0 saturated carbocycles. The zero-order valence-corrected chi connectivity index (χ0v) is 11.9. The van der Waals surface area contributed by atoms with Gasteiger partial charge >= 0.3 is 0 Å². The number of nitrogens with one attached hydrogen (secondary N) is 1. The normalized spacial score (nSPS) is 11.3. The first kappa shape index (κ1) is 15.7. The maximum atomic E-state index is 11.5. The highest BCUT2D eigenvalue weighted by molar-refractivity contribution is 7.89. The Morgan fingerprint density at radius 2 is 2.11 bits per heavy atom. The molecule has 0 radical (unpaired) electrons. The average molecular weight is 284 g/mol. The fourth-order valence-electron chi connectivity index (χ4n) is 1.72. The Labute approximate surface area is 114 Å². The summed E-state index contributed by atoms with van der Waals surface area (Å²) in [7, 11) is -3.43. The van der Waals surface area contributed by atoms with E-state index < -0.39 is 10.0 Å². The molecule has 1 aromatic carbocycles. The van der Waals surface area contributed by atoms with Crippen molar-refractivity contribution in [2.24, 2.45) is 5.14 Å². The lowest BCUT2D eigenvalue weighted by molar-refractivity contribution is -0.121. The van der Waals surface area contributed by atoms with E-state index in [0.29, 0.717) is 25.8 Å². The third-order valence-electron chi connectivity index (χ3n) is 2.65. The minimum atomic E-state index is -3.43. The van der Waals surface area contributed by atoms with Gasteiger partial charge in [-0.2, -0.15) is 0 Å². The highest BCUT2D eigenvalue weighted by Gasteiger charge is 2.04. The molecule has 1 rings (SSSR count). The summed E-state index contributed by atoms with van der Waals surface area (Å²) < 4.78 is 21.4. The van der Waals surface area contributed by atoms with Crippen molar-refractivity contribution in [1.82, 2.24) is 5.32 Å². The zero-order valence-electron chi connectivity index (χ0n) is 11.1. The van der Waals surface area contributed by atoms with Gasteiger partial charge < -0.3 is 5.32 Å². The van der Waals surface area contributed by atoms with Crippen LogP contribution in [-0.4, -0.2) is 26.6 Å². The first-order valence-corrected chi connectivity index (χ1v) is 7.91. The van der Waals surface area contributed by atoms with E-state index in [2.05, 4.69) is 5.32 Å². The number of hydrogen-bond acceptors (Lipinski definition) is 3. The van der Waals surface area contributed by atoms with Gasteiger partial charge in [-0.1, -0.05) is 29.8 Å². The third-order valence-corrected chi connectivity index (χ3v) is 3.51. The van der Waals surface area contributed by atoms with Gasteiger partial charge in [0.05, 0.1) is 5.75 Å². The second-order valence-electron chi connectivity index (χ2n) is 4.56. The minimum Gasteiger partial charge on any atom is -0.356 e. The van der Waals surface area contributed by atoms with Crippen LogP contribution in [0.1, 0.15) is 24.0 Å². The predicted octanol–water partition coefficient (Wildman–Crippen LogP) is 0.722. The van der Waals surface area contributed by atoms with Gasteiger partial charge in [-0.15, -0.1) is 0 Å². The van der Waals surface area contributed by atoms with E-state index in [-0.39, 0.29) is 11.7 Å². The Balaban J connectivity index is 2.21. The standard InChI is InChI=1S/C13H20N2O3S/c1-11-4-2-5-12(10-11)6-7-13(16)15-8-3-9-19(14,17)18/h2,4-5,10H,3,6-9H2,1H3,(H,15,16)(H2,14,17,18). The van der Waals surface area contributed by atoms with Crippen molar-refractivity contribution in [1.29, 1.82) is 0 Å². The number of aryl methyl sites for hydroxylation is 2. The summed E-state index contributed by atoms with van der Waals surface area (Å²) in [6, 6.07) is 8.01. The molecule has 1 amide bonds. The van der Waals surface area contributed by atoms with E-state index in [9.17, 15) is 13.2 Å². The Kier molecular flexibility index (Phi) is 5.98. The van der Waals surface area contributed by atoms with Crippen LogP contribution in [0.5, 0.6) is 0 Å². The highest BCUT2D eigenvalue weighted by atomic mass is 32.2. The number of benzene rings is 1. The number of carbonyl (C=O) groups excluding carboxylic acids is 1. The van der Waals surface area contributed by atoms with Gasteiger partial charge in [-0.3, -0.25) is 4.79 Å². The monoisotopic (exact) mass is 284 g/mol. The van der Waals surface area contributed by atoms with Crippen LogP contribution in [0.2, 0.25) is 0 Å². The van der Waals surface area contributed by atoms with Crippen LogP contribution in [0.15, 0.2) is 24.3 Å². The number of nitrogens with two attached hydrogens (primary N) is 1. The molecule has 0 aliphatic rings. The fraction of sp³-hybridized carbons (Fsp3) is 0.462. The number of rotatable bonds is 7. The van der Waals surface area contributed by atoms with Crippen molar-refractivity contribution in [2.45, 2.75) is 26.2 Å². The van der Waals surface area contributed by atoms with Crippen molar-refractivity contribution < 1.29 is 13.2 Å². The summed E-state index contributed by atoms with van der Waals surface area (Å²) >= 11 is 0. The molecule has 0 spiro atoms. The summed E-state index contributed by atoms with van der Waals surface area (Å²) in [5.41, 5.74) is 2.30. The molecule has 19 heavy (non-hydrogen) atoms. The molecular formula is C13H20N2O3S. The van der Waals surface area contributed by atoms with E-state index in [1.807, 2.05) is 31.2 Å². The molecule has 6 heteroatoms. The van der Waals surface area contributed by atoms with Gasteiger partial charge in [0, 0.05) is 13.0 Å². The predicted molar refractivity (Wildman–Crippen MR) is 75.1 cm³/mol. The highest BCUT2D eigenvalue weighted by Crippen LogP contribution is 2.06. The van der Waals surface area contributed by atoms with Crippen molar-refractivity contribution in [3.05, 3.63) is 35.4 Å². The van der Waals surface area contributed by atoms with Crippen molar-refractivity contribution in [3.63, 3.8) is 0 Å². The molecule has 3 N–H and O–H groups in total. The van der Waals surface area contributed by atoms with Crippen LogP contribution in [0.3, 0.4) is 0 Å². The van der Waals surface area contributed by atoms with Crippen LogP contribution < -0.4 is 10.5 Å². The van der Waals surface area contributed by atoms with Crippen LogP contribution in [-0.2, 0) is 21.2 Å². The molecule has 0 fully saturated rings. The van der Waals surface area contributed by atoms with Gasteiger partial charge in [0.15, 0.2) is 0 Å². The van der Waals surface area contributed by atoms with E-state index in [0.717, 1.165) is 5.56 Å². The van der Waals surface area contributed by atoms with E-state index in [4.69, 9.17) is 5.14 Å². The fourth-order valence-corrected chi connectivity index (χ4v) is 2.26. The lowest BCUT2D eigenvalue weighted by atomic mass is 10.1. The van der Waals surface area contributed by atoms with E-state index in [1.54, 1.807) is 0 Å². The zero-order chi connectivity index (χ0) is 14.3. The Morgan fingerprint density at radius 1 is 1.37 bits per heavy atom. The van der Waals surface area contributed by atoms with Crippen LogP contribution in [0.25, 0.3) is 0 Å². The van der Waals surface area contributed by atoms with Crippen molar-refractivity contribution in [3.8, 4) is 0 Å². The Hall–Kier alpha value is -1.40. The molecule has 0 heterocycles. The lowest BCUT2D eigenvalue weighted by Gasteiger charge is -2.05. The van der Waals surface area contributed by atoms with E-state index in [1.165, 1.54) is 5.56 Å². The summed E-state index contributed by atoms with van der Waals surface area (Å²) in [4.78, 5) is 11.5. The van der Waals surface area contributed by atoms with Gasteiger partial charge in [0.25, 0.3) is 0 Å². The number of hydrogen-bond donors (Lipinski definition) is 2. The molecule has 0 bridgehead atoms. The van der Waals surface area contributed by atoms with Crippen molar-refractivity contribution in [2.75, 3.05) is 12.3 Å². The molecule has 0 saturated heterocycles. The maximum Gasteiger partial charge on any atom is 0.220 e. The first-order chi connectivity index (χ1) is 8.87. The first-order valence-electron chi connectivity index (χ1n) is 6.19. The van der Waals surface area contributed by atoms with Gasteiger partial charge in [0.2, 0.25) is 15.9 Å². The summed E-state index contributed by atoms with van der Waals surface area (Å²) in [6.45, 7) is 2.35. The van der Waals surface area contributed by atoms with Crippen LogP contribution in [0.4, 0.5) is 0 Å². The average Bonchev–Trinajstić information content (AvgIpc) is 2.31. The molecular weight excluding hydrogens is 264 g/mol. The summed E-state index contributed by atoms with van der Waals surface area (Å²) in [6.07, 6.45) is 1.43. The minimum absolute atomic E-state index is 0.0732. The molecule has 106 valence electrons. The Bertz CT molecular complexity index is 526. The van der Waals surface area contributed by atoms with E-state index >= 15 is 0 Å². The lowest BCUT2D eigenvalue weighted by Crippen LogP contribution is -2.27. The SMILES string of the molecule is Cc1cccc(CCC(=O)NCCCS(N)(=O)=O)c1. The number of primary sulfonamides is 1. The summed E-state index contributed by atoms with van der Waals surface area (Å²) in [5.74, 6) is -0.179. The largest absolute Gasteiger partial charge is 0.356 e. The number of amides is 1. The number of sulfonamides is 1. The molecule has 0 aromatic heterocycles. The third kappa shape index (κ3) is 7.58. The molecule has 5 nitrogen and oxygen atoms in total. The second-order valence-corrected chi connectivity index (χ2v) is 6.29. The van der Waals surface area contributed by atoms with Crippen LogP contribution >= 0.6 is 0 Å². The van der Waals surface area contributed by atoms with Gasteiger partial charge in [-0.05, 0) is 25.3 Å². The topological polar surface area (TPSA) is 89.3 Å². The smallest absolute Gasteiger partial charge is 0.220 e. The van der Waals surface area contributed by atoms with Gasteiger partial charge in [-0.25, -0.2) is 13.6 Å². The Morgan fingerprint density at radius 3 is 2.74 bits per heavy atom. The van der Waals surface area contributed by atoms with Crippen LogP contribution in [0, 0.1) is 6.92 Å². The van der Waals surface area contributed by atoms with Crippen molar-refractivity contribution >= 4 is 15.9 Å². The quantitative estimate of drug-likeness (QED) is 0.723. The molecule has 0 unspecified atom stereocenters. The van der Waals surface area contributed by atoms with Gasteiger partial charge in [0.1, 0.15) is 0 Å². The second kappa shape index (κ2) is 7.25. The number of carbonyl (C=O) groups is 1.